The molecule has 0 amide bonds. The summed E-state index contributed by atoms with van der Waals surface area (Å²) in [5.74, 6) is 1.14. The summed E-state index contributed by atoms with van der Waals surface area (Å²) < 4.78 is 30.0. The Morgan fingerprint density at radius 2 is 0.426 bits per heavy atom. The molecule has 0 bridgehead atoms. The zero-order valence-corrected chi connectivity index (χ0v) is 39.3. The van der Waals surface area contributed by atoms with E-state index >= 15 is 19.6 Å². The van der Waals surface area contributed by atoms with E-state index in [0.29, 0.717) is 44.5 Å². The average Bonchev–Trinajstić information content (AvgIpc) is 3.37. The Bertz CT molecular complexity index is 3090. The van der Waals surface area contributed by atoms with Crippen molar-refractivity contribution in [2.24, 2.45) is 0 Å². The molecule has 13 rings (SSSR count). The molecule has 4 aliphatic rings. The zero-order chi connectivity index (χ0) is 45.8. The van der Waals surface area contributed by atoms with E-state index in [4.69, 9.17) is 18.1 Å². The quantitative estimate of drug-likeness (QED) is 0.148. The van der Waals surface area contributed by atoms with Gasteiger partial charge in [0.1, 0.15) is 0 Å². The molecular formula is C54H36N2O8P4. The maximum absolute atomic E-state index is 17.2. The van der Waals surface area contributed by atoms with Gasteiger partial charge in [-0.15, -0.1) is 0 Å². The number of hydrogen-bond acceptors (Lipinski definition) is 10. The van der Waals surface area contributed by atoms with Gasteiger partial charge in [0, 0.05) is 44.5 Å². The van der Waals surface area contributed by atoms with Gasteiger partial charge in [0.25, 0.3) is 0 Å². The molecule has 9 aromatic rings. The number of anilines is 2. The predicted molar refractivity (Wildman–Crippen MR) is 268 cm³/mol. The lowest BCUT2D eigenvalue weighted by Crippen LogP contribution is -2.53. The van der Waals surface area contributed by atoms with Crippen LogP contribution >= 0.6 is 31.5 Å². The minimum absolute atomic E-state index is 0.0344. The smallest absolute Gasteiger partial charge is 0.321 e. The van der Waals surface area contributed by atoms with Gasteiger partial charge in [0.15, 0.2) is 55.6 Å². The van der Waals surface area contributed by atoms with Gasteiger partial charge in [0.05, 0.1) is 0 Å². The van der Waals surface area contributed by atoms with E-state index in [-0.39, 0.29) is 55.6 Å². The van der Waals surface area contributed by atoms with Crippen LogP contribution in [0.15, 0.2) is 218 Å². The number of hydrogen-bond donors (Lipinski definition) is 0. The van der Waals surface area contributed by atoms with Crippen molar-refractivity contribution in [3.8, 4) is 67.5 Å². The highest BCUT2D eigenvalue weighted by Crippen LogP contribution is 2.80. The molecule has 0 saturated heterocycles. The van der Waals surface area contributed by atoms with Gasteiger partial charge in [-0.2, -0.15) is 0 Å². The molecule has 14 heteroatoms. The van der Waals surface area contributed by atoms with Crippen LogP contribution in [-0.2, 0) is 0 Å². The molecule has 0 radical (unpaired) electrons. The van der Waals surface area contributed by atoms with E-state index in [1.165, 1.54) is 8.88 Å². The second-order valence-corrected chi connectivity index (χ2v) is 25.6. The largest absolute Gasteiger partial charge is 0.622 e. The summed E-state index contributed by atoms with van der Waals surface area (Å²) in [6.07, 6.45) is 0. The molecule has 0 aliphatic carbocycles. The number of rotatable bonds is 6. The molecule has 0 aromatic heterocycles. The van der Waals surface area contributed by atoms with Gasteiger partial charge >= 0.3 is 31.5 Å². The lowest BCUT2D eigenvalue weighted by molar-refractivity contribution is -0.193. The lowest BCUT2D eigenvalue weighted by Gasteiger charge is -2.50. The van der Waals surface area contributed by atoms with Crippen LogP contribution in [0.25, 0.3) is 44.5 Å². The third kappa shape index (κ3) is 5.94. The average molecular weight is 965 g/mol. The van der Waals surface area contributed by atoms with Crippen LogP contribution in [0.1, 0.15) is 0 Å². The minimum atomic E-state index is -4.74. The molecule has 9 aromatic carbocycles. The highest BCUT2D eigenvalue weighted by Gasteiger charge is 2.67. The van der Waals surface area contributed by atoms with Crippen molar-refractivity contribution in [2.45, 2.75) is 0 Å². The summed E-state index contributed by atoms with van der Waals surface area (Å²) in [5, 5.41) is 0.981. The van der Waals surface area contributed by atoms with Crippen molar-refractivity contribution < 1.29 is 37.7 Å². The first-order valence-corrected chi connectivity index (χ1v) is 28.2. The first-order valence-electron chi connectivity index (χ1n) is 21.9. The second kappa shape index (κ2) is 15.4. The summed E-state index contributed by atoms with van der Waals surface area (Å²) in [6.45, 7) is 0. The Labute approximate surface area is 394 Å². The van der Waals surface area contributed by atoms with Gasteiger partial charge in [-0.05, 0) is 60.7 Å². The van der Waals surface area contributed by atoms with Crippen molar-refractivity contribution >= 4 is 64.1 Å². The van der Waals surface area contributed by atoms with E-state index in [1.807, 2.05) is 97.1 Å². The fraction of sp³-hybridized carbons (Fsp3) is 0. The third-order valence-corrected chi connectivity index (χ3v) is 24.2. The minimum Gasteiger partial charge on any atom is -0.622 e. The summed E-state index contributed by atoms with van der Waals surface area (Å²) in [6, 6.07) is 64.3. The number of benzene rings is 9. The fourth-order valence-electron chi connectivity index (χ4n) is 9.84. The Morgan fingerprint density at radius 1 is 0.235 bits per heavy atom. The fourth-order valence-corrected chi connectivity index (χ4v) is 22.0. The van der Waals surface area contributed by atoms with Crippen molar-refractivity contribution in [3.05, 3.63) is 218 Å². The van der Waals surface area contributed by atoms with E-state index in [9.17, 15) is 0 Å². The maximum Gasteiger partial charge on any atom is 0.321 e. The van der Waals surface area contributed by atoms with Crippen LogP contribution < -0.4 is 67.8 Å². The van der Waals surface area contributed by atoms with E-state index in [0.717, 1.165) is 0 Å². The first kappa shape index (κ1) is 41.5. The third-order valence-electron chi connectivity index (χ3n) is 12.7. The Kier molecular flexibility index (Phi) is 9.42. The van der Waals surface area contributed by atoms with Gasteiger partial charge < -0.3 is 37.7 Å². The normalized spacial score (nSPS) is 21.9. The molecule has 0 spiro atoms. The monoisotopic (exact) mass is 964 g/mol. The molecule has 4 atom stereocenters. The van der Waals surface area contributed by atoms with E-state index < -0.39 is 31.5 Å². The predicted octanol–water partition coefficient (Wildman–Crippen LogP) is 9.33. The van der Waals surface area contributed by atoms with E-state index in [2.05, 4.69) is 0 Å². The van der Waals surface area contributed by atoms with Crippen molar-refractivity contribution in [1.82, 2.24) is 0 Å². The second-order valence-electron chi connectivity index (χ2n) is 16.6. The Hall–Kier alpha value is -6.66. The van der Waals surface area contributed by atoms with Gasteiger partial charge in [-0.3, -0.25) is 0 Å². The highest BCUT2D eigenvalue weighted by atomic mass is 31.3. The summed E-state index contributed by atoms with van der Waals surface area (Å²) in [5.41, 5.74) is 5.05. The van der Waals surface area contributed by atoms with Crippen LogP contribution in [0.3, 0.4) is 0 Å². The van der Waals surface area contributed by atoms with Crippen LogP contribution in [0, 0.1) is 0 Å². The molecule has 0 saturated carbocycles. The van der Waals surface area contributed by atoms with Gasteiger partial charge in [-0.25, -0.2) is 0 Å². The van der Waals surface area contributed by atoms with E-state index in [1.54, 1.807) is 121 Å². The van der Waals surface area contributed by atoms with Crippen LogP contribution in [0.4, 0.5) is 11.4 Å². The number of fused-ring (bicyclic) bond motifs is 12. The number of para-hydroxylation sites is 6. The topological polar surface area (TPSA) is 136 Å². The molecule has 4 heterocycles. The standard InChI is InChI=1S/C54H36N2O8P4/c57-65(51-33-15-5-23-41(51)37-19-1-11-29-47(37)61-65)55(66(58)52-34-16-6-24-42(52)38-20-2-12-30-48(38)62-66)45-27-9-10-28-46(45)56(67(59)53-35-17-7-25-43(53)39-21-3-13-31-49(39)63-67)68(60)54-36-18-8-26-44(54)40-22-4-14-32-50(40)64-68/h1-36H. The number of nitrogens with zero attached hydrogens (tertiary/aromatic N) is 2. The molecule has 0 N–H and O–H groups in total. The summed E-state index contributed by atoms with van der Waals surface area (Å²) >= 11 is 0. The molecule has 0 fully saturated rings. The molecule has 330 valence electrons. The van der Waals surface area contributed by atoms with Crippen molar-refractivity contribution in [1.29, 1.82) is 0 Å². The van der Waals surface area contributed by atoms with Gasteiger partial charge in [0.2, 0.25) is 0 Å². The van der Waals surface area contributed by atoms with Crippen LogP contribution in [0.2, 0.25) is 0 Å². The maximum atomic E-state index is 17.2. The summed E-state index contributed by atoms with van der Waals surface area (Å²) in [7, 11) is -19.0. The molecular weight excluding hydrogens is 928 g/mol. The summed E-state index contributed by atoms with van der Waals surface area (Å²) in [4.78, 5) is 68.8. The highest BCUT2D eigenvalue weighted by molar-refractivity contribution is 7.92. The first-order chi connectivity index (χ1) is 33.2. The lowest BCUT2D eigenvalue weighted by atomic mass is 10.0. The molecule has 4 aliphatic heterocycles. The van der Waals surface area contributed by atoms with Gasteiger partial charge in [-0.1, -0.05) is 167 Å². The Balaban J connectivity index is 1.14. The van der Waals surface area contributed by atoms with Crippen LogP contribution in [0.5, 0.6) is 23.0 Å². The molecule has 10 nitrogen and oxygen atoms in total. The molecule has 68 heavy (non-hydrogen) atoms. The SMILES string of the molecule is [O-][P+]1(N(c2ccccc2N([P+]2([O-])Oc3ccccc3-c3ccccc32)[P+]2([O-])Oc3ccccc3-c3ccccc32)[P+]2([O-])Oc3ccccc3-c3ccccc32)Oc2ccccc2-c2ccccc21. The zero-order valence-electron chi connectivity index (χ0n) is 35.7. The van der Waals surface area contributed by atoms with Crippen molar-refractivity contribution in [3.63, 3.8) is 0 Å². The Morgan fingerprint density at radius 3 is 0.676 bits per heavy atom. The molecule has 4 unspecified atom stereocenters. The van der Waals surface area contributed by atoms with Crippen molar-refractivity contribution in [2.75, 3.05) is 8.88 Å². The van der Waals surface area contributed by atoms with Crippen LogP contribution in [-0.4, -0.2) is 0 Å².